The van der Waals surface area contributed by atoms with Crippen molar-refractivity contribution in [2.45, 2.75) is 24.4 Å². The molecule has 2 rings (SSSR count). The molecule has 9 heteroatoms. The zero-order valence-electron chi connectivity index (χ0n) is 10.7. The molecule has 0 saturated heterocycles. The van der Waals surface area contributed by atoms with Crippen molar-refractivity contribution in [3.8, 4) is 0 Å². The third-order valence-corrected chi connectivity index (χ3v) is 4.25. The van der Waals surface area contributed by atoms with Crippen molar-refractivity contribution in [3.05, 3.63) is 41.7 Å². The van der Waals surface area contributed by atoms with Gasteiger partial charge in [-0.25, -0.2) is 22.5 Å². The third kappa shape index (κ3) is 3.00. The molecule has 0 amide bonds. The molecule has 2 aromatic rings. The van der Waals surface area contributed by atoms with Gasteiger partial charge in [0, 0.05) is 6.54 Å². The summed E-state index contributed by atoms with van der Waals surface area (Å²) in [5, 5.41) is 6.18. The number of rotatable bonds is 5. The van der Waals surface area contributed by atoms with Gasteiger partial charge in [-0.1, -0.05) is 6.07 Å². The van der Waals surface area contributed by atoms with E-state index in [1.165, 1.54) is 18.5 Å². The number of benzene rings is 1. The maximum Gasteiger partial charge on any atom is 0.244 e. The van der Waals surface area contributed by atoms with Crippen molar-refractivity contribution < 1.29 is 12.8 Å². The van der Waals surface area contributed by atoms with E-state index in [1.807, 2.05) is 0 Å². The first-order valence-electron chi connectivity index (χ1n) is 5.80. The Balaban J connectivity index is 2.31. The highest BCUT2D eigenvalue weighted by Gasteiger charge is 2.23. The molecule has 0 radical (unpaired) electrons. The number of hydrogen-bond donors (Lipinski definition) is 3. The molecule has 0 saturated carbocycles. The lowest BCUT2D eigenvalue weighted by molar-refractivity contribution is 0.542. The van der Waals surface area contributed by atoms with Crippen LogP contribution in [0, 0.1) is 5.82 Å². The van der Waals surface area contributed by atoms with Crippen LogP contribution in [-0.4, -0.2) is 23.6 Å². The number of halogens is 1. The SMILES string of the molecule is CC(NS(=O)(=O)c1cc(CN)ccc1F)c1ncn[nH]1. The molecule has 0 fully saturated rings. The summed E-state index contributed by atoms with van der Waals surface area (Å²) in [7, 11) is -4.02. The zero-order valence-corrected chi connectivity index (χ0v) is 11.5. The molecular weight excluding hydrogens is 285 g/mol. The molecular formula is C11H14FN5O2S. The minimum Gasteiger partial charge on any atom is -0.326 e. The zero-order chi connectivity index (χ0) is 14.8. The molecule has 1 atom stereocenters. The molecule has 0 aliphatic rings. The average molecular weight is 299 g/mol. The Labute approximate surface area is 115 Å². The van der Waals surface area contributed by atoms with Crippen LogP contribution < -0.4 is 10.5 Å². The van der Waals surface area contributed by atoms with Gasteiger partial charge in [-0.15, -0.1) is 0 Å². The van der Waals surface area contributed by atoms with Gasteiger partial charge in [-0.05, 0) is 24.6 Å². The smallest absolute Gasteiger partial charge is 0.244 e. The Kier molecular flexibility index (Phi) is 4.12. The van der Waals surface area contributed by atoms with Crippen molar-refractivity contribution in [2.75, 3.05) is 0 Å². The normalized spacial score (nSPS) is 13.3. The van der Waals surface area contributed by atoms with Crippen LogP contribution in [0.4, 0.5) is 4.39 Å². The molecule has 0 aliphatic heterocycles. The van der Waals surface area contributed by atoms with Crippen LogP contribution in [0.1, 0.15) is 24.4 Å². The standard InChI is InChI=1S/C11H14FN5O2S/c1-7(11-14-6-15-16-11)17-20(18,19)10-4-8(5-13)2-3-9(10)12/h2-4,6-7,17H,5,13H2,1H3,(H,14,15,16). The van der Waals surface area contributed by atoms with E-state index < -0.39 is 26.8 Å². The van der Waals surface area contributed by atoms with Gasteiger partial charge in [0.25, 0.3) is 0 Å². The molecule has 0 spiro atoms. The summed E-state index contributed by atoms with van der Waals surface area (Å²) < 4.78 is 40.4. The second-order valence-electron chi connectivity index (χ2n) is 4.18. The largest absolute Gasteiger partial charge is 0.326 e. The van der Waals surface area contributed by atoms with Gasteiger partial charge in [0.05, 0.1) is 6.04 Å². The van der Waals surface area contributed by atoms with E-state index in [9.17, 15) is 12.8 Å². The third-order valence-electron chi connectivity index (χ3n) is 2.70. The Morgan fingerprint density at radius 1 is 1.50 bits per heavy atom. The lowest BCUT2D eigenvalue weighted by Crippen LogP contribution is -2.28. The van der Waals surface area contributed by atoms with Crippen molar-refractivity contribution in [2.24, 2.45) is 5.73 Å². The van der Waals surface area contributed by atoms with Gasteiger partial charge in [-0.3, -0.25) is 5.10 Å². The average Bonchev–Trinajstić information content (AvgIpc) is 2.92. The fraction of sp³-hybridized carbons (Fsp3) is 0.273. The summed E-state index contributed by atoms with van der Waals surface area (Å²) in [6.45, 7) is 1.70. The highest BCUT2D eigenvalue weighted by molar-refractivity contribution is 7.89. The molecule has 108 valence electrons. The van der Waals surface area contributed by atoms with Gasteiger partial charge < -0.3 is 5.73 Å². The fourth-order valence-electron chi connectivity index (χ4n) is 1.66. The highest BCUT2D eigenvalue weighted by atomic mass is 32.2. The van der Waals surface area contributed by atoms with Crippen molar-refractivity contribution in [1.29, 1.82) is 0 Å². The Morgan fingerprint density at radius 3 is 2.85 bits per heavy atom. The number of nitrogens with two attached hydrogens (primary N) is 1. The molecule has 1 aromatic carbocycles. The first kappa shape index (κ1) is 14.6. The van der Waals surface area contributed by atoms with E-state index in [1.54, 1.807) is 6.92 Å². The Bertz CT molecular complexity index is 687. The molecule has 1 unspecified atom stereocenters. The Morgan fingerprint density at radius 2 is 2.25 bits per heavy atom. The molecule has 0 aliphatic carbocycles. The van der Waals surface area contributed by atoms with E-state index in [0.29, 0.717) is 11.4 Å². The maximum atomic E-state index is 13.7. The van der Waals surface area contributed by atoms with Gasteiger partial charge in [-0.2, -0.15) is 5.10 Å². The van der Waals surface area contributed by atoms with Crippen LogP contribution in [0.2, 0.25) is 0 Å². The summed E-state index contributed by atoms with van der Waals surface area (Å²) in [6, 6.07) is 3.07. The van der Waals surface area contributed by atoms with Crippen LogP contribution in [-0.2, 0) is 16.6 Å². The number of aromatic amines is 1. The van der Waals surface area contributed by atoms with Crippen LogP contribution in [0.15, 0.2) is 29.4 Å². The number of sulfonamides is 1. The molecule has 1 aromatic heterocycles. The van der Waals surface area contributed by atoms with E-state index in [4.69, 9.17) is 5.73 Å². The van der Waals surface area contributed by atoms with Gasteiger partial charge >= 0.3 is 0 Å². The second-order valence-corrected chi connectivity index (χ2v) is 5.86. The molecule has 0 bridgehead atoms. The molecule has 20 heavy (non-hydrogen) atoms. The highest BCUT2D eigenvalue weighted by Crippen LogP contribution is 2.18. The van der Waals surface area contributed by atoms with E-state index in [0.717, 1.165) is 6.07 Å². The van der Waals surface area contributed by atoms with E-state index >= 15 is 0 Å². The number of aromatic nitrogens is 3. The lowest BCUT2D eigenvalue weighted by Gasteiger charge is -2.13. The summed E-state index contributed by atoms with van der Waals surface area (Å²) in [5.74, 6) is -0.497. The molecule has 1 heterocycles. The summed E-state index contributed by atoms with van der Waals surface area (Å²) in [6.07, 6.45) is 1.26. The first-order chi connectivity index (χ1) is 9.44. The number of nitrogens with one attached hydrogen (secondary N) is 2. The monoisotopic (exact) mass is 299 g/mol. The number of H-pyrrole nitrogens is 1. The van der Waals surface area contributed by atoms with E-state index in [-0.39, 0.29) is 6.54 Å². The van der Waals surface area contributed by atoms with Crippen molar-refractivity contribution >= 4 is 10.0 Å². The van der Waals surface area contributed by atoms with Crippen LogP contribution in [0.5, 0.6) is 0 Å². The topological polar surface area (TPSA) is 114 Å². The minimum atomic E-state index is -4.02. The molecule has 4 N–H and O–H groups in total. The second kappa shape index (κ2) is 5.65. The van der Waals surface area contributed by atoms with Gasteiger partial charge in [0.15, 0.2) is 0 Å². The fourth-order valence-corrected chi connectivity index (χ4v) is 2.99. The predicted octanol–water partition coefficient (Wildman–Crippen LogP) is 0.442. The number of nitrogens with zero attached hydrogens (tertiary/aromatic N) is 2. The maximum absolute atomic E-state index is 13.7. The van der Waals surface area contributed by atoms with Gasteiger partial charge in [0.2, 0.25) is 10.0 Å². The first-order valence-corrected chi connectivity index (χ1v) is 7.28. The predicted molar refractivity (Wildman–Crippen MR) is 69.4 cm³/mol. The quantitative estimate of drug-likeness (QED) is 0.741. The molecule has 7 nitrogen and oxygen atoms in total. The number of hydrogen-bond acceptors (Lipinski definition) is 5. The summed E-state index contributed by atoms with van der Waals surface area (Å²) in [4.78, 5) is 3.40. The van der Waals surface area contributed by atoms with Crippen molar-refractivity contribution in [3.63, 3.8) is 0 Å². The Hall–Kier alpha value is -1.84. The summed E-state index contributed by atoms with van der Waals surface area (Å²) >= 11 is 0. The van der Waals surface area contributed by atoms with E-state index in [2.05, 4.69) is 19.9 Å². The lowest BCUT2D eigenvalue weighted by atomic mass is 10.2. The van der Waals surface area contributed by atoms with Crippen molar-refractivity contribution in [1.82, 2.24) is 19.9 Å². The summed E-state index contributed by atoms with van der Waals surface area (Å²) in [5.41, 5.74) is 5.96. The van der Waals surface area contributed by atoms with Gasteiger partial charge in [0.1, 0.15) is 22.9 Å². The minimum absolute atomic E-state index is 0.125. The van der Waals surface area contributed by atoms with Crippen LogP contribution >= 0.6 is 0 Å². The van der Waals surface area contributed by atoms with Crippen LogP contribution in [0.25, 0.3) is 0 Å². The van der Waals surface area contributed by atoms with Crippen LogP contribution in [0.3, 0.4) is 0 Å².